The molecule has 2 aromatic carbocycles. The standard InChI is InChI=1S/C20H14Cl2N4O3/c1-28-15-7-9(3-5-14(15)27)16-11(8-23)19(24)29-20-17(16)18(25-26-20)10-2-4-12(21)13(22)6-10/h2-7,16,27H,24H2,1H3,(H,25,26)/t16-/m0/s1. The Morgan fingerprint density at radius 1 is 1.24 bits per heavy atom. The van der Waals surface area contributed by atoms with E-state index in [1.807, 2.05) is 0 Å². The Balaban J connectivity index is 1.95. The minimum atomic E-state index is -0.596. The zero-order valence-electron chi connectivity index (χ0n) is 15.0. The number of rotatable bonds is 3. The topological polar surface area (TPSA) is 117 Å². The Hall–Kier alpha value is -3.34. The molecular weight excluding hydrogens is 415 g/mol. The van der Waals surface area contributed by atoms with Crippen molar-refractivity contribution in [3.63, 3.8) is 0 Å². The van der Waals surface area contributed by atoms with Gasteiger partial charge in [-0.15, -0.1) is 5.10 Å². The van der Waals surface area contributed by atoms with Crippen molar-refractivity contribution >= 4 is 23.2 Å². The van der Waals surface area contributed by atoms with Crippen LogP contribution in [-0.4, -0.2) is 22.4 Å². The molecule has 1 aromatic heterocycles. The molecule has 146 valence electrons. The predicted octanol–water partition coefficient (Wildman–Crippen LogP) is 4.32. The van der Waals surface area contributed by atoms with Gasteiger partial charge in [-0.05, 0) is 29.8 Å². The molecule has 7 nitrogen and oxygen atoms in total. The summed E-state index contributed by atoms with van der Waals surface area (Å²) >= 11 is 12.2. The number of halogens is 2. The first-order chi connectivity index (χ1) is 13.9. The number of ether oxygens (including phenoxy) is 2. The number of aromatic amines is 1. The van der Waals surface area contributed by atoms with E-state index in [4.69, 9.17) is 38.4 Å². The molecule has 9 heteroatoms. The predicted molar refractivity (Wildman–Crippen MR) is 108 cm³/mol. The number of aromatic hydroxyl groups is 1. The SMILES string of the molecule is COc1cc([C@H]2C(C#N)=C(N)Oc3n[nH]c(-c4ccc(Cl)c(Cl)c4)c32)ccc1O. The van der Waals surface area contributed by atoms with Gasteiger partial charge in [0.1, 0.15) is 11.6 Å². The fraction of sp³-hybridized carbons (Fsp3) is 0.100. The summed E-state index contributed by atoms with van der Waals surface area (Å²) in [7, 11) is 1.45. The second kappa shape index (κ2) is 7.24. The molecule has 0 aliphatic carbocycles. The van der Waals surface area contributed by atoms with Crippen molar-refractivity contribution in [2.24, 2.45) is 5.73 Å². The molecule has 1 aliphatic rings. The molecule has 0 fully saturated rings. The Labute approximate surface area is 175 Å². The lowest BCUT2D eigenvalue weighted by Crippen LogP contribution is -2.21. The fourth-order valence-corrected chi connectivity index (χ4v) is 3.62. The number of nitrogens with one attached hydrogen (secondary N) is 1. The van der Waals surface area contributed by atoms with Crippen LogP contribution < -0.4 is 15.2 Å². The maximum Gasteiger partial charge on any atom is 0.244 e. The first-order valence-electron chi connectivity index (χ1n) is 8.42. The molecule has 0 unspecified atom stereocenters. The molecule has 3 aromatic rings. The van der Waals surface area contributed by atoms with Gasteiger partial charge in [-0.25, -0.2) is 0 Å². The Morgan fingerprint density at radius 2 is 2.03 bits per heavy atom. The number of phenolic OH excluding ortho intramolecular Hbond substituents is 1. The van der Waals surface area contributed by atoms with Crippen LogP contribution in [0.2, 0.25) is 10.0 Å². The van der Waals surface area contributed by atoms with Crippen molar-refractivity contribution in [1.82, 2.24) is 10.2 Å². The quantitative estimate of drug-likeness (QED) is 0.571. The number of phenols is 1. The van der Waals surface area contributed by atoms with E-state index in [2.05, 4.69) is 16.3 Å². The summed E-state index contributed by atoms with van der Waals surface area (Å²) in [4.78, 5) is 0. The van der Waals surface area contributed by atoms with E-state index in [1.54, 1.807) is 30.3 Å². The number of fused-ring (bicyclic) bond motifs is 1. The van der Waals surface area contributed by atoms with Gasteiger partial charge in [-0.3, -0.25) is 5.10 Å². The van der Waals surface area contributed by atoms with Crippen molar-refractivity contribution in [3.05, 3.63) is 69.0 Å². The lowest BCUT2D eigenvalue weighted by molar-refractivity contribution is 0.371. The highest BCUT2D eigenvalue weighted by Crippen LogP contribution is 2.47. The lowest BCUT2D eigenvalue weighted by atomic mass is 9.83. The third kappa shape index (κ3) is 3.12. The van der Waals surface area contributed by atoms with E-state index >= 15 is 0 Å². The normalized spacial score (nSPS) is 15.4. The number of hydrogen-bond donors (Lipinski definition) is 3. The minimum absolute atomic E-state index is 0.0177. The molecule has 1 atom stereocenters. The van der Waals surface area contributed by atoms with Crippen LogP contribution >= 0.6 is 23.2 Å². The van der Waals surface area contributed by atoms with E-state index in [-0.39, 0.29) is 28.8 Å². The monoisotopic (exact) mass is 428 g/mol. The second-order valence-corrected chi connectivity index (χ2v) is 7.12. The van der Waals surface area contributed by atoms with Gasteiger partial charge in [0.15, 0.2) is 11.5 Å². The number of nitriles is 1. The summed E-state index contributed by atoms with van der Waals surface area (Å²) in [6.45, 7) is 0. The number of nitrogens with zero attached hydrogens (tertiary/aromatic N) is 2. The molecule has 1 aliphatic heterocycles. The molecule has 0 saturated carbocycles. The number of benzene rings is 2. The smallest absolute Gasteiger partial charge is 0.244 e. The van der Waals surface area contributed by atoms with Crippen LogP contribution in [0.3, 0.4) is 0 Å². The molecule has 0 radical (unpaired) electrons. The second-order valence-electron chi connectivity index (χ2n) is 6.30. The number of allylic oxidation sites excluding steroid dienone is 1. The minimum Gasteiger partial charge on any atom is -0.504 e. The van der Waals surface area contributed by atoms with Crippen molar-refractivity contribution in [3.8, 4) is 34.7 Å². The number of H-pyrrole nitrogens is 1. The van der Waals surface area contributed by atoms with E-state index in [0.717, 1.165) is 0 Å². The third-order valence-corrected chi connectivity index (χ3v) is 5.42. The summed E-state index contributed by atoms with van der Waals surface area (Å²) in [5.74, 6) is -0.132. The van der Waals surface area contributed by atoms with E-state index in [0.29, 0.717) is 32.4 Å². The van der Waals surface area contributed by atoms with Gasteiger partial charge in [-0.1, -0.05) is 35.3 Å². The highest BCUT2D eigenvalue weighted by Gasteiger charge is 2.36. The molecule has 29 heavy (non-hydrogen) atoms. The summed E-state index contributed by atoms with van der Waals surface area (Å²) in [5.41, 5.74) is 8.81. The van der Waals surface area contributed by atoms with Gasteiger partial charge in [0.05, 0.1) is 34.3 Å². The van der Waals surface area contributed by atoms with Crippen LogP contribution in [0.25, 0.3) is 11.3 Å². The fourth-order valence-electron chi connectivity index (χ4n) is 3.32. The van der Waals surface area contributed by atoms with Gasteiger partial charge in [-0.2, -0.15) is 5.26 Å². The maximum atomic E-state index is 9.96. The van der Waals surface area contributed by atoms with Crippen LogP contribution in [0, 0.1) is 11.3 Å². The molecule has 0 amide bonds. The van der Waals surface area contributed by atoms with Crippen LogP contribution in [0.4, 0.5) is 0 Å². The van der Waals surface area contributed by atoms with Crippen molar-refractivity contribution in [1.29, 1.82) is 5.26 Å². The molecule has 2 heterocycles. The largest absolute Gasteiger partial charge is 0.504 e. The van der Waals surface area contributed by atoms with Crippen LogP contribution in [0.1, 0.15) is 17.0 Å². The van der Waals surface area contributed by atoms with E-state index < -0.39 is 5.92 Å². The first kappa shape index (κ1) is 19.0. The molecule has 4 N–H and O–H groups in total. The average molecular weight is 429 g/mol. The molecule has 0 saturated heterocycles. The third-order valence-electron chi connectivity index (χ3n) is 4.68. The van der Waals surface area contributed by atoms with Crippen LogP contribution in [0.5, 0.6) is 17.4 Å². The Bertz CT molecular complexity index is 1200. The summed E-state index contributed by atoms with van der Waals surface area (Å²) in [6.07, 6.45) is 0. The highest BCUT2D eigenvalue weighted by atomic mass is 35.5. The van der Waals surface area contributed by atoms with E-state index in [9.17, 15) is 10.4 Å². The first-order valence-corrected chi connectivity index (χ1v) is 9.18. The number of hydrogen-bond acceptors (Lipinski definition) is 6. The van der Waals surface area contributed by atoms with Gasteiger partial charge < -0.3 is 20.3 Å². The number of methoxy groups -OCH3 is 1. The van der Waals surface area contributed by atoms with Gasteiger partial charge in [0.2, 0.25) is 11.8 Å². The zero-order chi connectivity index (χ0) is 20.7. The van der Waals surface area contributed by atoms with Crippen LogP contribution in [-0.2, 0) is 0 Å². The maximum absolute atomic E-state index is 9.96. The van der Waals surface area contributed by atoms with Crippen molar-refractivity contribution in [2.75, 3.05) is 7.11 Å². The molecule has 0 spiro atoms. The van der Waals surface area contributed by atoms with Crippen molar-refractivity contribution in [2.45, 2.75) is 5.92 Å². The summed E-state index contributed by atoms with van der Waals surface area (Å²) in [5, 5.41) is 27.7. The van der Waals surface area contributed by atoms with Gasteiger partial charge in [0.25, 0.3) is 0 Å². The zero-order valence-corrected chi connectivity index (χ0v) is 16.5. The van der Waals surface area contributed by atoms with Gasteiger partial charge >= 0.3 is 0 Å². The summed E-state index contributed by atoms with van der Waals surface area (Å²) in [6, 6.07) is 12.1. The average Bonchev–Trinajstić information content (AvgIpc) is 3.12. The highest BCUT2D eigenvalue weighted by molar-refractivity contribution is 6.42. The van der Waals surface area contributed by atoms with Gasteiger partial charge in [0, 0.05) is 5.56 Å². The van der Waals surface area contributed by atoms with Crippen molar-refractivity contribution < 1.29 is 14.6 Å². The Morgan fingerprint density at radius 3 is 2.72 bits per heavy atom. The molecule has 4 rings (SSSR count). The van der Waals surface area contributed by atoms with E-state index in [1.165, 1.54) is 13.2 Å². The molecule has 0 bridgehead atoms. The lowest BCUT2D eigenvalue weighted by Gasteiger charge is -2.24. The molecular formula is C20H14Cl2N4O3. The van der Waals surface area contributed by atoms with Crippen LogP contribution in [0.15, 0.2) is 47.9 Å². The summed E-state index contributed by atoms with van der Waals surface area (Å²) < 4.78 is 10.8. The number of aromatic nitrogens is 2. The number of nitrogens with two attached hydrogens (primary N) is 1. The Kier molecular flexibility index (Phi) is 4.74.